The summed E-state index contributed by atoms with van der Waals surface area (Å²) >= 11 is 3.70. The summed E-state index contributed by atoms with van der Waals surface area (Å²) in [4.78, 5) is 2.73. The molecule has 3 heterocycles. The van der Waals surface area contributed by atoms with Crippen molar-refractivity contribution in [3.05, 3.63) is 71.4 Å². The molecule has 0 amide bonds. The highest BCUT2D eigenvalue weighted by molar-refractivity contribution is 7.13. The van der Waals surface area contributed by atoms with Crippen LogP contribution in [-0.4, -0.2) is 4.57 Å². The van der Waals surface area contributed by atoms with Crippen molar-refractivity contribution >= 4 is 44.5 Å². The summed E-state index contributed by atoms with van der Waals surface area (Å²) in [6, 6.07) is 23.3. The molecule has 0 fully saturated rings. The largest absolute Gasteiger partial charge is 0.340 e. The molecule has 0 radical (unpaired) electrons. The van der Waals surface area contributed by atoms with E-state index < -0.39 is 0 Å². The van der Waals surface area contributed by atoms with Gasteiger partial charge in [-0.15, -0.1) is 22.7 Å². The van der Waals surface area contributed by atoms with Gasteiger partial charge in [0.05, 0.1) is 0 Å². The van der Waals surface area contributed by atoms with Crippen LogP contribution in [0.5, 0.6) is 0 Å². The average Bonchev–Trinajstić information content (AvgIpc) is 3.88. The Hall–Kier alpha value is -2.36. The molecule has 0 saturated carbocycles. The first-order valence-corrected chi connectivity index (χ1v) is 21.2. The monoisotopic (exact) mass is 667 g/mol. The molecule has 254 valence electrons. The van der Waals surface area contributed by atoms with Crippen molar-refractivity contribution in [2.45, 2.75) is 149 Å². The number of aromatic nitrogens is 1. The van der Waals surface area contributed by atoms with Gasteiger partial charge in [-0.25, -0.2) is 0 Å². The Morgan fingerprint density at radius 1 is 0.489 bits per heavy atom. The zero-order valence-electron chi connectivity index (χ0n) is 29.6. The second-order valence-corrected chi connectivity index (χ2v) is 16.0. The van der Waals surface area contributed by atoms with Crippen molar-refractivity contribution in [2.75, 3.05) is 0 Å². The molecule has 0 aliphatic carbocycles. The lowest BCUT2D eigenvalue weighted by atomic mass is 9.93. The quantitative estimate of drug-likeness (QED) is 0.0577. The third-order valence-electron chi connectivity index (χ3n) is 10.4. The molecule has 0 bridgehead atoms. The smallest absolute Gasteiger partial charge is 0.0497 e. The van der Waals surface area contributed by atoms with Crippen molar-refractivity contribution in [2.24, 2.45) is 5.92 Å². The third kappa shape index (κ3) is 10.8. The number of fused-ring (bicyclic) bond motifs is 3. The summed E-state index contributed by atoms with van der Waals surface area (Å²) in [6.07, 6.45) is 28.1. The molecule has 0 aliphatic heterocycles. The van der Waals surface area contributed by atoms with Crippen LogP contribution in [0, 0.1) is 5.92 Å². The number of hydrogen-bond acceptors (Lipinski definition) is 2. The number of rotatable bonds is 24. The molecule has 5 aromatic rings. The van der Waals surface area contributed by atoms with Gasteiger partial charge in [-0.1, -0.05) is 166 Å². The summed E-state index contributed by atoms with van der Waals surface area (Å²) in [7, 11) is 0. The Balaban J connectivity index is 1.32. The minimum atomic E-state index is 0.735. The van der Waals surface area contributed by atoms with Crippen LogP contribution in [0.4, 0.5) is 0 Å². The SMILES string of the molecule is CCCCCCCCCCCCC(CCCCCCCCCC)Cn1c2cc(-c3cccs3)ccc2c2ccc(-c3cccs3)cc21. The average molecular weight is 668 g/mol. The maximum absolute atomic E-state index is 2.73. The van der Waals surface area contributed by atoms with Gasteiger partial charge in [0, 0.05) is 38.1 Å². The Morgan fingerprint density at radius 2 is 0.894 bits per heavy atom. The van der Waals surface area contributed by atoms with Crippen molar-refractivity contribution in [3.8, 4) is 20.9 Å². The highest BCUT2D eigenvalue weighted by atomic mass is 32.1. The first kappa shape index (κ1) is 35.9. The molecule has 0 saturated heterocycles. The molecule has 1 unspecified atom stereocenters. The molecular weight excluding hydrogens is 607 g/mol. The minimum absolute atomic E-state index is 0.735. The fraction of sp³-hybridized carbons (Fsp3) is 0.545. The molecule has 0 N–H and O–H groups in total. The molecule has 1 atom stereocenters. The fourth-order valence-electron chi connectivity index (χ4n) is 7.56. The summed E-state index contributed by atoms with van der Waals surface area (Å²) in [5, 5.41) is 7.22. The van der Waals surface area contributed by atoms with Crippen molar-refractivity contribution in [1.29, 1.82) is 0 Å². The Morgan fingerprint density at radius 3 is 1.28 bits per heavy atom. The lowest BCUT2D eigenvalue weighted by Gasteiger charge is -2.20. The van der Waals surface area contributed by atoms with E-state index in [0.29, 0.717) is 0 Å². The zero-order valence-corrected chi connectivity index (χ0v) is 31.3. The van der Waals surface area contributed by atoms with Crippen LogP contribution in [0.15, 0.2) is 71.4 Å². The van der Waals surface area contributed by atoms with E-state index in [-0.39, 0.29) is 0 Å². The van der Waals surface area contributed by atoms with Gasteiger partial charge >= 0.3 is 0 Å². The summed E-state index contributed by atoms with van der Waals surface area (Å²) < 4.78 is 2.73. The molecule has 3 aromatic heterocycles. The third-order valence-corrected chi connectivity index (χ3v) is 12.2. The molecule has 3 heteroatoms. The van der Waals surface area contributed by atoms with E-state index >= 15 is 0 Å². The minimum Gasteiger partial charge on any atom is -0.340 e. The fourth-order valence-corrected chi connectivity index (χ4v) is 9.00. The van der Waals surface area contributed by atoms with Crippen LogP contribution < -0.4 is 0 Å². The van der Waals surface area contributed by atoms with E-state index in [9.17, 15) is 0 Å². The first-order valence-electron chi connectivity index (χ1n) is 19.4. The molecule has 0 aliphatic rings. The Kier molecular flexibility index (Phi) is 15.5. The van der Waals surface area contributed by atoms with E-state index in [0.717, 1.165) is 12.5 Å². The van der Waals surface area contributed by atoms with Gasteiger partial charge in [0.15, 0.2) is 0 Å². The van der Waals surface area contributed by atoms with E-state index in [2.05, 4.69) is 89.8 Å². The molecule has 1 nitrogen and oxygen atoms in total. The van der Waals surface area contributed by atoms with Gasteiger partial charge in [-0.05, 0) is 64.9 Å². The molecule has 47 heavy (non-hydrogen) atoms. The van der Waals surface area contributed by atoms with Gasteiger partial charge in [0.25, 0.3) is 0 Å². The van der Waals surface area contributed by atoms with Crippen molar-refractivity contribution in [1.82, 2.24) is 4.57 Å². The lowest BCUT2D eigenvalue weighted by molar-refractivity contribution is 0.364. The normalized spacial score (nSPS) is 12.5. The van der Waals surface area contributed by atoms with Gasteiger partial charge in [-0.3, -0.25) is 0 Å². The predicted molar refractivity (Wildman–Crippen MR) is 213 cm³/mol. The molecule has 5 rings (SSSR count). The van der Waals surface area contributed by atoms with Gasteiger partial charge in [-0.2, -0.15) is 0 Å². The van der Waals surface area contributed by atoms with Crippen LogP contribution in [0.3, 0.4) is 0 Å². The van der Waals surface area contributed by atoms with Crippen molar-refractivity contribution < 1.29 is 0 Å². The topological polar surface area (TPSA) is 4.93 Å². The lowest BCUT2D eigenvalue weighted by Crippen LogP contribution is -2.11. The zero-order chi connectivity index (χ0) is 32.5. The summed E-state index contributed by atoms with van der Waals surface area (Å²) in [6.45, 7) is 5.77. The second kappa shape index (κ2) is 20.2. The van der Waals surface area contributed by atoms with Crippen molar-refractivity contribution in [3.63, 3.8) is 0 Å². The highest BCUT2D eigenvalue weighted by Gasteiger charge is 2.18. The summed E-state index contributed by atoms with van der Waals surface area (Å²) in [5.74, 6) is 0.735. The summed E-state index contributed by atoms with van der Waals surface area (Å²) in [5.41, 5.74) is 5.53. The van der Waals surface area contributed by atoms with Crippen LogP contribution in [-0.2, 0) is 6.54 Å². The molecule has 2 aromatic carbocycles. The van der Waals surface area contributed by atoms with Crippen LogP contribution >= 0.6 is 22.7 Å². The van der Waals surface area contributed by atoms with Crippen LogP contribution in [0.25, 0.3) is 42.7 Å². The van der Waals surface area contributed by atoms with E-state index in [1.54, 1.807) is 0 Å². The second-order valence-electron chi connectivity index (χ2n) is 14.1. The highest BCUT2D eigenvalue weighted by Crippen LogP contribution is 2.38. The van der Waals surface area contributed by atoms with Gasteiger partial charge < -0.3 is 4.57 Å². The maximum atomic E-state index is 2.73. The van der Waals surface area contributed by atoms with E-state index in [4.69, 9.17) is 0 Å². The Labute approximate surface area is 294 Å². The molecule has 0 spiro atoms. The number of benzene rings is 2. The van der Waals surface area contributed by atoms with Gasteiger partial charge in [0.1, 0.15) is 0 Å². The van der Waals surface area contributed by atoms with E-state index in [1.807, 2.05) is 22.7 Å². The molecular formula is C44H61NS2. The van der Waals surface area contributed by atoms with Gasteiger partial charge in [0.2, 0.25) is 0 Å². The standard InChI is InChI=1S/C44H61NS2/c1-3-5-7-9-11-13-14-16-18-20-24-36(23-19-17-15-12-10-8-6-4-2)35-45-41-33-37(43-25-21-31-46-43)27-29-39(41)40-30-28-38(34-42(40)45)44-26-22-32-47-44/h21-22,25-34,36H,3-20,23-24,35H2,1-2H3. The van der Waals surface area contributed by atoms with Crippen LogP contribution in [0.2, 0.25) is 0 Å². The Bertz CT molecular complexity index is 1450. The number of unbranched alkanes of at least 4 members (excludes halogenated alkanes) is 16. The predicted octanol–water partition coefficient (Wildman–Crippen LogP) is 15.7. The number of nitrogens with zero attached hydrogens (tertiary/aromatic N) is 1. The van der Waals surface area contributed by atoms with Crippen LogP contribution in [0.1, 0.15) is 142 Å². The number of thiophene rings is 2. The maximum Gasteiger partial charge on any atom is 0.0497 e. The first-order chi connectivity index (χ1) is 23.3. The van der Waals surface area contributed by atoms with E-state index in [1.165, 1.54) is 171 Å². The number of hydrogen-bond donors (Lipinski definition) is 0.